The van der Waals surface area contributed by atoms with E-state index < -0.39 is 0 Å². The smallest absolute Gasteiger partial charge is 0.0619 e. The molecular formula is C29H24. The molecule has 0 saturated carbocycles. The van der Waals surface area contributed by atoms with Crippen molar-refractivity contribution in [2.45, 2.75) is 31.6 Å². The van der Waals surface area contributed by atoms with Gasteiger partial charge in [0.1, 0.15) is 0 Å². The third-order valence-electron chi connectivity index (χ3n) is 7.26. The summed E-state index contributed by atoms with van der Waals surface area (Å²) in [6.45, 7) is 7.05. The molecule has 0 heterocycles. The van der Waals surface area contributed by atoms with Gasteiger partial charge in [-0.2, -0.15) is 0 Å². The van der Waals surface area contributed by atoms with Crippen LogP contribution >= 0.6 is 0 Å². The minimum atomic E-state index is -0.249. The lowest BCUT2D eigenvalue weighted by Crippen LogP contribution is -2.41. The van der Waals surface area contributed by atoms with Gasteiger partial charge in [-0.1, -0.05) is 105 Å². The molecule has 0 aliphatic heterocycles. The van der Waals surface area contributed by atoms with Crippen LogP contribution in [0.5, 0.6) is 0 Å². The third kappa shape index (κ3) is 1.85. The standard InChI is InChI=1S/C29H24/c1-19-11-10-18-26-27(19)28(2,3)24-16-8-9-17-25(24)29(26)22-14-6-4-12-20(22)21-13-5-7-15-23(21)29/h4-18H,1-3H3. The van der Waals surface area contributed by atoms with Gasteiger partial charge in [-0.3, -0.25) is 0 Å². The Morgan fingerprint density at radius 1 is 0.483 bits per heavy atom. The maximum atomic E-state index is 2.39. The van der Waals surface area contributed by atoms with Crippen LogP contribution < -0.4 is 0 Å². The van der Waals surface area contributed by atoms with Gasteiger partial charge in [0.05, 0.1) is 5.41 Å². The van der Waals surface area contributed by atoms with Crippen LogP contribution in [0.15, 0.2) is 91.0 Å². The quantitative estimate of drug-likeness (QED) is 0.274. The minimum Gasteiger partial charge on any atom is -0.0619 e. The van der Waals surface area contributed by atoms with E-state index in [2.05, 4.69) is 112 Å². The fraction of sp³-hybridized carbons (Fsp3) is 0.172. The highest BCUT2D eigenvalue weighted by Crippen LogP contribution is 2.62. The van der Waals surface area contributed by atoms with Crippen LogP contribution in [0.1, 0.15) is 52.8 Å². The monoisotopic (exact) mass is 372 g/mol. The topological polar surface area (TPSA) is 0 Å². The summed E-state index contributed by atoms with van der Waals surface area (Å²) in [6.07, 6.45) is 0. The predicted octanol–water partition coefficient (Wildman–Crippen LogP) is 7.00. The highest BCUT2D eigenvalue weighted by molar-refractivity contribution is 5.88. The van der Waals surface area contributed by atoms with Gasteiger partial charge in [0.15, 0.2) is 0 Å². The highest BCUT2D eigenvalue weighted by Gasteiger charge is 2.53. The van der Waals surface area contributed by atoms with Crippen LogP contribution in [0.2, 0.25) is 0 Å². The van der Waals surface area contributed by atoms with Crippen molar-refractivity contribution in [3.05, 3.63) is 130 Å². The molecule has 0 aromatic heterocycles. The molecule has 0 N–H and O–H groups in total. The zero-order valence-electron chi connectivity index (χ0n) is 17.2. The van der Waals surface area contributed by atoms with E-state index in [1.54, 1.807) is 0 Å². The molecule has 0 saturated heterocycles. The Labute approximate surface area is 172 Å². The molecule has 0 fully saturated rings. The van der Waals surface area contributed by atoms with Gasteiger partial charge in [0.2, 0.25) is 0 Å². The highest BCUT2D eigenvalue weighted by atomic mass is 14.5. The lowest BCUT2D eigenvalue weighted by atomic mass is 9.55. The van der Waals surface area contributed by atoms with E-state index in [4.69, 9.17) is 0 Å². The SMILES string of the molecule is Cc1cccc2c1C(C)(C)c1ccccc1C21c2ccccc2-c2ccccc21. The van der Waals surface area contributed by atoms with Crippen LogP contribution in [0, 0.1) is 6.92 Å². The van der Waals surface area contributed by atoms with E-state index in [1.807, 2.05) is 0 Å². The zero-order valence-corrected chi connectivity index (χ0v) is 17.2. The molecule has 0 bridgehead atoms. The normalized spacial score (nSPS) is 16.7. The van der Waals surface area contributed by atoms with Crippen molar-refractivity contribution in [3.63, 3.8) is 0 Å². The molecule has 0 atom stereocenters. The van der Waals surface area contributed by atoms with Gasteiger partial charge in [-0.05, 0) is 57.0 Å². The van der Waals surface area contributed by atoms with Gasteiger partial charge < -0.3 is 0 Å². The molecule has 0 unspecified atom stereocenters. The Morgan fingerprint density at radius 2 is 0.966 bits per heavy atom. The summed E-state index contributed by atoms with van der Waals surface area (Å²) in [5.74, 6) is 0. The molecule has 140 valence electrons. The van der Waals surface area contributed by atoms with E-state index in [-0.39, 0.29) is 10.8 Å². The number of hydrogen-bond donors (Lipinski definition) is 0. The second-order valence-corrected chi connectivity index (χ2v) is 9.01. The average molecular weight is 373 g/mol. The summed E-state index contributed by atoms with van der Waals surface area (Å²) >= 11 is 0. The lowest BCUT2D eigenvalue weighted by Gasteiger charge is -2.47. The summed E-state index contributed by atoms with van der Waals surface area (Å²) < 4.78 is 0. The van der Waals surface area contributed by atoms with Gasteiger partial charge in [-0.25, -0.2) is 0 Å². The number of aryl methyl sites for hydroxylation is 1. The van der Waals surface area contributed by atoms with Gasteiger partial charge in [0, 0.05) is 5.41 Å². The summed E-state index contributed by atoms with van der Waals surface area (Å²) in [7, 11) is 0. The average Bonchev–Trinajstić information content (AvgIpc) is 3.04. The Hall–Kier alpha value is -3.12. The number of rotatable bonds is 0. The minimum absolute atomic E-state index is 0.0327. The molecule has 29 heavy (non-hydrogen) atoms. The first-order valence-corrected chi connectivity index (χ1v) is 10.5. The van der Waals surface area contributed by atoms with Crippen LogP contribution in [0.3, 0.4) is 0 Å². The van der Waals surface area contributed by atoms with Crippen molar-refractivity contribution >= 4 is 0 Å². The second-order valence-electron chi connectivity index (χ2n) is 9.01. The first-order valence-electron chi connectivity index (χ1n) is 10.5. The third-order valence-corrected chi connectivity index (χ3v) is 7.26. The van der Waals surface area contributed by atoms with Crippen molar-refractivity contribution < 1.29 is 0 Å². The van der Waals surface area contributed by atoms with Crippen LogP contribution in [0.4, 0.5) is 0 Å². The van der Waals surface area contributed by atoms with E-state index in [0.29, 0.717) is 0 Å². The maximum Gasteiger partial charge on any atom is 0.0719 e. The summed E-state index contributed by atoms with van der Waals surface area (Å²) in [5.41, 5.74) is 12.4. The molecule has 4 aromatic carbocycles. The lowest BCUT2D eigenvalue weighted by molar-refractivity contribution is 0.559. The summed E-state index contributed by atoms with van der Waals surface area (Å²) in [4.78, 5) is 0. The molecular weight excluding hydrogens is 348 g/mol. The van der Waals surface area contributed by atoms with E-state index in [1.165, 1.54) is 50.1 Å². The molecule has 0 heteroatoms. The number of fused-ring (bicyclic) bond motifs is 9. The molecule has 2 aliphatic rings. The summed E-state index contributed by atoms with van der Waals surface area (Å²) in [6, 6.07) is 34.0. The van der Waals surface area contributed by atoms with Crippen molar-refractivity contribution in [2.75, 3.05) is 0 Å². The number of hydrogen-bond acceptors (Lipinski definition) is 0. The Bertz CT molecular complexity index is 1240. The molecule has 0 amide bonds. The Kier molecular flexibility index (Phi) is 3.17. The van der Waals surface area contributed by atoms with E-state index in [0.717, 1.165) is 0 Å². The predicted molar refractivity (Wildman–Crippen MR) is 121 cm³/mol. The number of benzene rings is 4. The largest absolute Gasteiger partial charge is 0.0719 e. The first kappa shape index (κ1) is 16.8. The fourth-order valence-electron chi connectivity index (χ4n) is 6.26. The molecule has 0 radical (unpaired) electrons. The van der Waals surface area contributed by atoms with Crippen LogP contribution in [0.25, 0.3) is 11.1 Å². The van der Waals surface area contributed by atoms with Crippen molar-refractivity contribution in [1.82, 2.24) is 0 Å². The first-order chi connectivity index (χ1) is 14.1. The van der Waals surface area contributed by atoms with Gasteiger partial charge >= 0.3 is 0 Å². The molecule has 2 aliphatic carbocycles. The fourth-order valence-corrected chi connectivity index (χ4v) is 6.26. The van der Waals surface area contributed by atoms with Crippen LogP contribution in [-0.2, 0) is 10.8 Å². The Balaban J connectivity index is 1.90. The second kappa shape index (κ2) is 5.48. The van der Waals surface area contributed by atoms with Crippen molar-refractivity contribution in [3.8, 4) is 11.1 Å². The zero-order chi connectivity index (χ0) is 19.8. The molecule has 0 nitrogen and oxygen atoms in total. The van der Waals surface area contributed by atoms with Crippen molar-refractivity contribution in [1.29, 1.82) is 0 Å². The van der Waals surface area contributed by atoms with E-state index in [9.17, 15) is 0 Å². The summed E-state index contributed by atoms with van der Waals surface area (Å²) in [5, 5.41) is 0. The van der Waals surface area contributed by atoms with Crippen molar-refractivity contribution in [2.24, 2.45) is 0 Å². The Morgan fingerprint density at radius 3 is 1.59 bits per heavy atom. The maximum absolute atomic E-state index is 2.39. The van der Waals surface area contributed by atoms with E-state index >= 15 is 0 Å². The van der Waals surface area contributed by atoms with Crippen LogP contribution in [-0.4, -0.2) is 0 Å². The molecule has 6 rings (SSSR count). The van der Waals surface area contributed by atoms with Gasteiger partial charge in [0.25, 0.3) is 0 Å². The van der Waals surface area contributed by atoms with Gasteiger partial charge in [-0.15, -0.1) is 0 Å². The molecule has 1 spiro atoms. The molecule has 4 aromatic rings.